The Balaban J connectivity index is 0.852. The van der Waals surface area contributed by atoms with Gasteiger partial charge in [-0.05, 0) is 190 Å². The highest BCUT2D eigenvalue weighted by atomic mass is 16.5. The smallest absolute Gasteiger partial charge is 0.373 e. The van der Waals surface area contributed by atoms with Crippen LogP contribution in [0, 0.1) is 17.3 Å². The number of likely N-dealkylation sites (tertiary alicyclic amines) is 1. The van der Waals surface area contributed by atoms with Crippen LogP contribution < -0.4 is 19.5 Å². The van der Waals surface area contributed by atoms with Crippen molar-refractivity contribution in [2.75, 3.05) is 45.4 Å². The second-order valence-electron chi connectivity index (χ2n) is 21.1. The summed E-state index contributed by atoms with van der Waals surface area (Å²) < 4.78 is 20.6. The van der Waals surface area contributed by atoms with Crippen LogP contribution in [0.4, 0.5) is 5.69 Å². The van der Waals surface area contributed by atoms with E-state index in [1.807, 2.05) is 12.4 Å². The number of fused-ring (bicyclic) bond motifs is 6. The van der Waals surface area contributed by atoms with Gasteiger partial charge >= 0.3 is 5.89 Å². The molecule has 9 nitrogen and oxygen atoms in total. The molecule has 1 saturated heterocycles. The Morgan fingerprint density at radius 1 is 0.903 bits per heavy atom. The molecule has 1 fully saturated rings. The predicted octanol–water partition coefficient (Wildman–Crippen LogP) is 14.1. The maximum atomic E-state index is 13.2. The molecule has 0 spiro atoms. The van der Waals surface area contributed by atoms with Crippen LogP contribution in [-0.4, -0.2) is 56.3 Å². The fraction of sp³-hybridized carbons (Fsp3) is 0.444. The van der Waals surface area contributed by atoms with Crippen LogP contribution in [0.15, 0.2) is 143 Å². The topological polar surface area (TPSA) is 83.9 Å². The molecule has 4 aromatic carbocycles. The van der Waals surface area contributed by atoms with Gasteiger partial charge in [-0.3, -0.25) is 9.78 Å². The molecule has 2 aromatic heterocycles. The molecule has 9 rings (SSSR count). The molecule has 0 radical (unpaired) electrons. The van der Waals surface area contributed by atoms with E-state index in [1.54, 1.807) is 7.11 Å². The van der Waals surface area contributed by atoms with Crippen LogP contribution in [0.1, 0.15) is 128 Å². The molecule has 378 valence electrons. The number of benzene rings is 4. The summed E-state index contributed by atoms with van der Waals surface area (Å²) in [6, 6.07) is 30.0. The third-order valence-corrected chi connectivity index (χ3v) is 16.8. The molecule has 3 unspecified atom stereocenters. The Morgan fingerprint density at radius 2 is 1.65 bits per heavy atom. The van der Waals surface area contributed by atoms with Crippen molar-refractivity contribution in [3.8, 4) is 5.75 Å². The quantitative estimate of drug-likeness (QED) is 0.0437. The van der Waals surface area contributed by atoms with E-state index in [2.05, 4.69) is 169 Å². The number of pyridine rings is 1. The zero-order valence-corrected chi connectivity index (χ0v) is 43.9. The number of nitrogens with one attached hydrogen (secondary N) is 1. The molecule has 4 heterocycles. The molecule has 6 aromatic rings. The highest BCUT2D eigenvalue weighted by molar-refractivity contribution is 6.02. The zero-order valence-electron chi connectivity index (χ0n) is 43.9. The van der Waals surface area contributed by atoms with Crippen LogP contribution in [0.2, 0.25) is 0 Å². The number of hydrogen-bond acceptors (Lipinski definition) is 7. The minimum absolute atomic E-state index is 0.0867. The summed E-state index contributed by atoms with van der Waals surface area (Å²) >= 11 is 0. The number of carbonyl (C=O) groups is 1. The molecule has 0 saturated carbocycles. The third kappa shape index (κ3) is 11.4. The SMILES string of the molecule is CCC(CCC(CCC(C)(CC)C(=O)NCOC)c1ccncc1)C1CCN(CCCCC2=C(/C=C/c3oc4c5ccccc5ccc4[n+]3C)CCC/C2=C\C=C2/Oc3c(ccc4ccccc34)N2C)CC1. The van der Waals surface area contributed by atoms with Gasteiger partial charge in [0.2, 0.25) is 11.5 Å². The average Bonchev–Trinajstić information content (AvgIpc) is 3.93. The van der Waals surface area contributed by atoms with Crippen molar-refractivity contribution in [2.24, 2.45) is 24.3 Å². The maximum absolute atomic E-state index is 13.2. The van der Waals surface area contributed by atoms with Gasteiger partial charge in [0, 0.05) is 48.8 Å². The van der Waals surface area contributed by atoms with Crippen molar-refractivity contribution in [2.45, 2.75) is 117 Å². The van der Waals surface area contributed by atoms with Gasteiger partial charge in [0.1, 0.15) is 13.8 Å². The summed E-state index contributed by atoms with van der Waals surface area (Å²) in [5.74, 6) is 4.63. The number of anilines is 1. The molecule has 1 amide bonds. The number of methoxy groups -OCH3 is 1. The number of aromatic nitrogens is 2. The highest BCUT2D eigenvalue weighted by Crippen LogP contribution is 2.44. The number of carbonyl (C=O) groups excluding carboxylic acids is 1. The lowest BCUT2D eigenvalue weighted by molar-refractivity contribution is -0.652. The Morgan fingerprint density at radius 3 is 2.42 bits per heavy atom. The number of aryl methyl sites for hydroxylation is 1. The van der Waals surface area contributed by atoms with E-state index in [0.717, 1.165) is 115 Å². The highest BCUT2D eigenvalue weighted by Gasteiger charge is 2.33. The summed E-state index contributed by atoms with van der Waals surface area (Å²) in [5, 5.41) is 7.64. The number of rotatable bonds is 21. The van der Waals surface area contributed by atoms with Gasteiger partial charge in [-0.1, -0.05) is 87.9 Å². The summed E-state index contributed by atoms with van der Waals surface area (Å²) in [5.41, 5.74) is 8.38. The van der Waals surface area contributed by atoms with Crippen molar-refractivity contribution >= 4 is 50.3 Å². The first-order valence-corrected chi connectivity index (χ1v) is 27.1. The molecule has 1 N–H and O–H groups in total. The van der Waals surface area contributed by atoms with Gasteiger partial charge < -0.3 is 29.0 Å². The van der Waals surface area contributed by atoms with E-state index in [9.17, 15) is 4.79 Å². The Kier molecular flexibility index (Phi) is 16.7. The number of amides is 1. The average molecular weight is 969 g/mol. The van der Waals surface area contributed by atoms with Crippen LogP contribution in [0.3, 0.4) is 0 Å². The first-order valence-electron chi connectivity index (χ1n) is 27.1. The molecule has 2 aliphatic heterocycles. The predicted molar refractivity (Wildman–Crippen MR) is 295 cm³/mol. The summed E-state index contributed by atoms with van der Waals surface area (Å²) in [7, 11) is 5.84. The number of oxazole rings is 1. The first-order chi connectivity index (χ1) is 35.2. The molecule has 1 aliphatic carbocycles. The molecule has 3 atom stereocenters. The molecule has 3 aliphatic rings. The molecule has 0 bridgehead atoms. The van der Waals surface area contributed by atoms with Gasteiger partial charge in [0.25, 0.3) is 5.52 Å². The Labute approximate surface area is 428 Å². The second kappa shape index (κ2) is 23.7. The molecule has 9 heteroatoms. The minimum atomic E-state index is -0.415. The van der Waals surface area contributed by atoms with Gasteiger partial charge in [0.15, 0.2) is 11.6 Å². The largest absolute Gasteiger partial charge is 0.438 e. The van der Waals surface area contributed by atoms with Crippen molar-refractivity contribution in [1.82, 2.24) is 15.2 Å². The lowest BCUT2D eigenvalue weighted by atomic mass is 9.75. The van der Waals surface area contributed by atoms with Crippen molar-refractivity contribution < 1.29 is 23.3 Å². The maximum Gasteiger partial charge on any atom is 0.373 e. The van der Waals surface area contributed by atoms with E-state index in [4.69, 9.17) is 13.9 Å². The van der Waals surface area contributed by atoms with E-state index in [0.29, 0.717) is 11.8 Å². The van der Waals surface area contributed by atoms with Gasteiger partial charge in [0.05, 0.1) is 11.8 Å². The van der Waals surface area contributed by atoms with Crippen LogP contribution >= 0.6 is 0 Å². The van der Waals surface area contributed by atoms with E-state index in [-0.39, 0.29) is 12.6 Å². The fourth-order valence-corrected chi connectivity index (χ4v) is 12.0. The second-order valence-corrected chi connectivity index (χ2v) is 21.1. The normalized spacial score (nSPS) is 18.7. The molecular formula is C63H78N5O4+. The first kappa shape index (κ1) is 50.9. The van der Waals surface area contributed by atoms with Gasteiger partial charge in [-0.15, -0.1) is 0 Å². The fourth-order valence-electron chi connectivity index (χ4n) is 12.0. The number of ether oxygens (including phenoxy) is 2. The number of hydrogen-bond donors (Lipinski definition) is 1. The van der Waals surface area contributed by atoms with Gasteiger partial charge in [-0.2, -0.15) is 4.57 Å². The minimum Gasteiger partial charge on any atom is -0.438 e. The van der Waals surface area contributed by atoms with E-state index in [1.165, 1.54) is 78.2 Å². The number of allylic oxidation sites excluding steroid dienone is 6. The van der Waals surface area contributed by atoms with Crippen molar-refractivity contribution in [3.05, 3.63) is 150 Å². The monoisotopic (exact) mass is 969 g/mol. The molecular weight excluding hydrogens is 891 g/mol. The molecule has 72 heavy (non-hydrogen) atoms. The summed E-state index contributed by atoms with van der Waals surface area (Å²) in [4.78, 5) is 22.4. The Hall–Kier alpha value is -6.03. The van der Waals surface area contributed by atoms with Crippen LogP contribution in [0.5, 0.6) is 5.75 Å². The number of piperidine rings is 1. The number of nitrogens with zero attached hydrogens (tertiary/aromatic N) is 4. The van der Waals surface area contributed by atoms with E-state index >= 15 is 0 Å². The summed E-state index contributed by atoms with van der Waals surface area (Å²) in [6.07, 6.45) is 28.3. The van der Waals surface area contributed by atoms with Gasteiger partial charge in [-0.25, -0.2) is 0 Å². The number of unbranched alkanes of at least 4 members (excludes halogenated alkanes) is 1. The van der Waals surface area contributed by atoms with Crippen LogP contribution in [0.25, 0.3) is 38.7 Å². The van der Waals surface area contributed by atoms with E-state index < -0.39 is 5.41 Å². The zero-order chi connectivity index (χ0) is 50.0. The summed E-state index contributed by atoms with van der Waals surface area (Å²) in [6.45, 7) is 10.4. The third-order valence-electron chi connectivity index (χ3n) is 16.8. The lowest BCUT2D eigenvalue weighted by Crippen LogP contribution is -2.39. The van der Waals surface area contributed by atoms with Crippen LogP contribution in [-0.2, 0) is 16.6 Å². The lowest BCUT2D eigenvalue weighted by Gasteiger charge is -2.36. The van der Waals surface area contributed by atoms with Crippen molar-refractivity contribution in [3.63, 3.8) is 0 Å². The standard InChI is InChI=1S/C63H77N5O4/c1-7-45(23-24-46(47-34-39-64-40-35-47)33-38-63(3,8-2)62(69)65-44-70-6)48-36-42-68(43-37-48)41-14-13-20-53-49(27-31-58-66(4)56-29-25-51-16-9-11-21-54(51)60(56)71-58)18-15-19-50(53)28-32-59-67(5)57-30-26-52-17-10-12-22-55(52)61(57)72-59/h9-12,16-17,21-22,25-32,34-35,39-40,45-46,48H,7-8,13-15,18-20,23-24,33,36-38,41-44H2,1-6H3/p+1. The van der Waals surface area contributed by atoms with Crippen molar-refractivity contribution in [1.29, 1.82) is 0 Å². The Bertz CT molecular complexity index is 2940.